The number of imidazole rings is 1. The number of fused-ring (bicyclic) bond motifs is 1. The van der Waals surface area contributed by atoms with Crippen molar-refractivity contribution in [2.45, 2.75) is 37.9 Å². The van der Waals surface area contributed by atoms with Gasteiger partial charge in [-0.3, -0.25) is 22.9 Å². The summed E-state index contributed by atoms with van der Waals surface area (Å²) in [6.45, 7) is 4.15. The van der Waals surface area contributed by atoms with E-state index >= 15 is 0 Å². The van der Waals surface area contributed by atoms with Crippen LogP contribution in [0.5, 0.6) is 0 Å². The molecule has 0 aliphatic carbocycles. The summed E-state index contributed by atoms with van der Waals surface area (Å²) in [5.41, 5.74) is 2.70. The van der Waals surface area contributed by atoms with Crippen molar-refractivity contribution in [2.24, 2.45) is 7.05 Å². The van der Waals surface area contributed by atoms with Gasteiger partial charge in [0.1, 0.15) is 5.82 Å². The molecule has 1 spiro atoms. The Kier molecular flexibility index (Phi) is 5.33. The normalized spacial score (nSPS) is 27.0. The van der Waals surface area contributed by atoms with Gasteiger partial charge in [0.25, 0.3) is 0 Å². The van der Waals surface area contributed by atoms with E-state index in [-0.39, 0.29) is 11.7 Å². The molecule has 178 valence electrons. The molecule has 2 saturated heterocycles. The van der Waals surface area contributed by atoms with E-state index in [2.05, 4.69) is 16.8 Å². The van der Waals surface area contributed by atoms with E-state index in [1.165, 1.54) is 12.1 Å². The number of H-pyrrole nitrogens is 1. The first-order chi connectivity index (χ1) is 15.6. The molecule has 5 rings (SSSR count). The summed E-state index contributed by atoms with van der Waals surface area (Å²) in [7, 11) is 0.246. The first kappa shape index (κ1) is 22.4. The smallest absolute Gasteiger partial charge is 0.306 e. The predicted octanol–water partition coefficient (Wildman–Crippen LogP) is 3.76. The van der Waals surface area contributed by atoms with Crippen molar-refractivity contribution in [3.63, 3.8) is 0 Å². The number of aryl methyl sites for hydroxylation is 1. The van der Waals surface area contributed by atoms with Crippen LogP contribution in [0.25, 0.3) is 11.0 Å². The van der Waals surface area contributed by atoms with Crippen LogP contribution in [0, 0.1) is 5.82 Å². The molecule has 2 fully saturated rings. The van der Waals surface area contributed by atoms with Crippen LogP contribution >= 0.6 is 11.0 Å². The minimum absolute atomic E-state index is 0.128. The zero-order valence-electron chi connectivity index (χ0n) is 19.0. The highest BCUT2D eigenvalue weighted by Gasteiger charge is 2.55. The number of halogens is 1. The Hall–Kier alpha value is -2.37. The molecule has 2 atom stereocenters. The highest BCUT2D eigenvalue weighted by atomic mass is 32.3. The summed E-state index contributed by atoms with van der Waals surface area (Å²) in [4.78, 5) is 17.1. The van der Waals surface area contributed by atoms with E-state index in [9.17, 15) is 18.3 Å². The minimum atomic E-state index is -3.22. The van der Waals surface area contributed by atoms with Crippen molar-refractivity contribution < 1.29 is 13.5 Å². The third-order valence-electron chi connectivity index (χ3n) is 7.17. The molecule has 2 aliphatic heterocycles. The SMILES string of the molecule is C[C@H]1C[C@]2(CCN1Cc1ccc3[nH]c(=O)n(C)c3c1)CN(C)S(O)(O)N2c1cccc(F)c1. The first-order valence-electron chi connectivity index (χ1n) is 11.1. The van der Waals surface area contributed by atoms with Gasteiger partial charge in [0.05, 0.1) is 22.3 Å². The van der Waals surface area contributed by atoms with Gasteiger partial charge in [0, 0.05) is 39.8 Å². The maximum absolute atomic E-state index is 14.0. The molecule has 33 heavy (non-hydrogen) atoms. The van der Waals surface area contributed by atoms with E-state index in [0.717, 1.165) is 36.1 Å². The van der Waals surface area contributed by atoms with Crippen molar-refractivity contribution in [3.05, 3.63) is 64.3 Å². The summed E-state index contributed by atoms with van der Waals surface area (Å²) in [5, 5.41) is 0. The summed E-state index contributed by atoms with van der Waals surface area (Å²) < 4.78 is 40.9. The Labute approximate surface area is 193 Å². The third-order valence-corrected chi connectivity index (χ3v) is 9.23. The summed E-state index contributed by atoms with van der Waals surface area (Å²) >= 11 is 0. The molecule has 1 aromatic heterocycles. The van der Waals surface area contributed by atoms with Crippen LogP contribution in [-0.4, -0.2) is 59.6 Å². The summed E-state index contributed by atoms with van der Waals surface area (Å²) in [6.07, 6.45) is 1.44. The van der Waals surface area contributed by atoms with Gasteiger partial charge >= 0.3 is 5.69 Å². The zero-order valence-corrected chi connectivity index (χ0v) is 19.8. The molecule has 0 unspecified atom stereocenters. The molecular weight excluding hydrogens is 445 g/mol. The lowest BCUT2D eigenvalue weighted by Gasteiger charge is -2.51. The van der Waals surface area contributed by atoms with Crippen molar-refractivity contribution in [2.75, 3.05) is 24.4 Å². The molecule has 3 aromatic rings. The lowest BCUT2D eigenvalue weighted by Crippen LogP contribution is -2.57. The molecule has 3 heterocycles. The van der Waals surface area contributed by atoms with Gasteiger partial charge in [-0.1, -0.05) is 23.1 Å². The molecule has 3 N–H and O–H groups in total. The number of rotatable bonds is 3. The van der Waals surface area contributed by atoms with E-state index in [1.807, 2.05) is 18.2 Å². The predicted molar refractivity (Wildman–Crippen MR) is 130 cm³/mol. The number of anilines is 1. The Balaban J connectivity index is 1.41. The number of likely N-dealkylation sites (tertiary alicyclic amines) is 1. The van der Waals surface area contributed by atoms with Crippen molar-refractivity contribution in [1.82, 2.24) is 18.8 Å². The van der Waals surface area contributed by atoms with Gasteiger partial charge in [0.2, 0.25) is 0 Å². The number of nitrogens with one attached hydrogen (secondary N) is 1. The molecule has 0 bridgehead atoms. The molecule has 10 heteroatoms. The maximum atomic E-state index is 14.0. The van der Waals surface area contributed by atoms with Crippen LogP contribution in [0.2, 0.25) is 0 Å². The number of aromatic amines is 1. The number of hydrogen-bond donors (Lipinski definition) is 3. The third kappa shape index (κ3) is 3.66. The van der Waals surface area contributed by atoms with Crippen molar-refractivity contribution in [1.29, 1.82) is 0 Å². The molecule has 0 saturated carbocycles. The standard InChI is InChI=1S/C23H30FN5O3S/c1-16-13-23(15-26(2)33(31,32)29(23)19-6-4-5-18(24)12-19)9-10-28(16)14-17-7-8-20-21(11-17)27(3)22(30)25-20/h4-8,11-12,16,31-32H,9-10,13-15H2,1-3H3,(H,25,30)/t16-,23+/m0/s1. The molecular formula is C23H30FN5O3S. The van der Waals surface area contributed by atoms with E-state index in [4.69, 9.17) is 0 Å². The highest BCUT2D eigenvalue weighted by molar-refractivity contribution is 8.23. The first-order valence-corrected chi connectivity index (χ1v) is 12.5. The van der Waals surface area contributed by atoms with E-state index in [0.29, 0.717) is 18.7 Å². The van der Waals surface area contributed by atoms with Gasteiger partial charge in [0.15, 0.2) is 0 Å². The number of likely N-dealkylation sites (N-methyl/N-ethyl adjacent to an activating group) is 1. The monoisotopic (exact) mass is 475 g/mol. The molecule has 2 aromatic carbocycles. The topological polar surface area (TPSA) is 88.0 Å². The van der Waals surface area contributed by atoms with Crippen LogP contribution < -0.4 is 9.99 Å². The number of hydrogen-bond acceptors (Lipinski definition) is 6. The second-order valence-corrected chi connectivity index (χ2v) is 11.4. The summed E-state index contributed by atoms with van der Waals surface area (Å²) in [6, 6.07) is 12.3. The lowest BCUT2D eigenvalue weighted by atomic mass is 9.82. The fourth-order valence-corrected chi connectivity index (χ4v) is 7.33. The van der Waals surface area contributed by atoms with Gasteiger partial charge in [-0.05, 0) is 55.7 Å². The van der Waals surface area contributed by atoms with Crippen LogP contribution in [0.15, 0.2) is 47.3 Å². The second-order valence-electron chi connectivity index (χ2n) is 9.39. The Morgan fingerprint density at radius 3 is 2.73 bits per heavy atom. The summed E-state index contributed by atoms with van der Waals surface area (Å²) in [5.74, 6) is -0.396. The van der Waals surface area contributed by atoms with E-state index < -0.39 is 22.3 Å². The van der Waals surface area contributed by atoms with Crippen molar-refractivity contribution >= 4 is 27.7 Å². The number of piperidine rings is 1. The maximum Gasteiger partial charge on any atom is 0.326 e. The number of aromatic nitrogens is 2. The Morgan fingerprint density at radius 1 is 1.21 bits per heavy atom. The molecule has 0 amide bonds. The van der Waals surface area contributed by atoms with Crippen LogP contribution in [-0.2, 0) is 13.6 Å². The van der Waals surface area contributed by atoms with Crippen LogP contribution in [0.4, 0.5) is 10.1 Å². The zero-order chi connectivity index (χ0) is 23.5. The van der Waals surface area contributed by atoms with Crippen LogP contribution in [0.3, 0.4) is 0 Å². The largest absolute Gasteiger partial charge is 0.326 e. The van der Waals surface area contributed by atoms with Gasteiger partial charge in [-0.25, -0.2) is 9.18 Å². The van der Waals surface area contributed by atoms with Gasteiger partial charge in [-0.15, -0.1) is 0 Å². The highest BCUT2D eigenvalue weighted by Crippen LogP contribution is 2.61. The van der Waals surface area contributed by atoms with E-state index in [1.54, 1.807) is 39.4 Å². The number of benzene rings is 2. The minimum Gasteiger partial charge on any atom is -0.306 e. The van der Waals surface area contributed by atoms with Crippen LogP contribution in [0.1, 0.15) is 25.3 Å². The number of nitrogens with zero attached hydrogens (tertiary/aromatic N) is 4. The fraction of sp³-hybridized carbons (Fsp3) is 0.435. The fourth-order valence-electron chi connectivity index (χ4n) is 5.50. The average molecular weight is 476 g/mol. The Morgan fingerprint density at radius 2 is 2.00 bits per heavy atom. The molecule has 0 radical (unpaired) electrons. The molecule has 2 aliphatic rings. The van der Waals surface area contributed by atoms with Crippen molar-refractivity contribution in [3.8, 4) is 0 Å². The molecule has 8 nitrogen and oxygen atoms in total. The second kappa shape index (κ2) is 7.85. The Bertz CT molecular complexity index is 1260. The van der Waals surface area contributed by atoms with Gasteiger partial charge < -0.3 is 4.98 Å². The van der Waals surface area contributed by atoms with Gasteiger partial charge in [-0.2, -0.15) is 4.31 Å². The lowest BCUT2D eigenvalue weighted by molar-refractivity contribution is 0.100. The quantitative estimate of drug-likeness (QED) is 0.535. The average Bonchev–Trinajstić information content (AvgIpc) is 3.13.